The number of morpholine rings is 1. The maximum absolute atomic E-state index is 12.5. The summed E-state index contributed by atoms with van der Waals surface area (Å²) in [7, 11) is 0. The van der Waals surface area contributed by atoms with Crippen LogP contribution >= 0.6 is 0 Å². The number of alkyl halides is 3. The zero-order valence-corrected chi connectivity index (χ0v) is 13.0. The first-order valence-corrected chi connectivity index (χ1v) is 7.52. The minimum Gasteiger partial charge on any atom is -0.371 e. The lowest BCUT2D eigenvalue weighted by atomic mass is 10.0. The first-order chi connectivity index (χ1) is 11.4. The zero-order chi connectivity index (χ0) is 17.2. The van der Waals surface area contributed by atoms with Crippen molar-refractivity contribution in [2.75, 3.05) is 25.0 Å². The highest BCUT2D eigenvalue weighted by Gasteiger charge is 2.31. The molecule has 128 valence electrons. The quantitative estimate of drug-likeness (QED) is 0.900. The molecule has 1 unspecified atom stereocenters. The minimum absolute atomic E-state index is 0.00817. The van der Waals surface area contributed by atoms with Gasteiger partial charge in [-0.2, -0.15) is 13.2 Å². The van der Waals surface area contributed by atoms with Crippen LogP contribution in [0.1, 0.15) is 22.8 Å². The molecule has 1 aromatic carbocycles. The largest absolute Gasteiger partial charge is 0.419 e. The number of hydrogen-bond donors (Lipinski definition) is 2. The van der Waals surface area contributed by atoms with Crippen molar-refractivity contribution in [2.24, 2.45) is 0 Å². The maximum Gasteiger partial charge on any atom is 0.419 e. The molecule has 3 rings (SSSR count). The van der Waals surface area contributed by atoms with Gasteiger partial charge in [0.2, 0.25) is 5.95 Å². The van der Waals surface area contributed by atoms with E-state index >= 15 is 0 Å². The van der Waals surface area contributed by atoms with Gasteiger partial charge in [-0.15, -0.1) is 0 Å². The van der Waals surface area contributed by atoms with Gasteiger partial charge in [-0.05, 0) is 24.1 Å². The maximum atomic E-state index is 12.5. The van der Waals surface area contributed by atoms with Gasteiger partial charge in [-0.1, -0.05) is 12.1 Å². The number of ether oxygens (including phenoxy) is 1. The molecule has 0 amide bonds. The Labute approximate surface area is 137 Å². The summed E-state index contributed by atoms with van der Waals surface area (Å²) in [4.78, 5) is 7.43. The van der Waals surface area contributed by atoms with E-state index in [4.69, 9.17) is 4.74 Å². The summed E-state index contributed by atoms with van der Waals surface area (Å²) in [5.41, 5.74) is 1.85. The molecule has 1 aliphatic rings. The van der Waals surface area contributed by atoms with E-state index in [1.165, 1.54) is 0 Å². The molecule has 2 N–H and O–H groups in total. The Balaban J connectivity index is 1.73. The Hall–Kier alpha value is -2.19. The van der Waals surface area contributed by atoms with E-state index in [9.17, 15) is 13.2 Å². The van der Waals surface area contributed by atoms with Crippen molar-refractivity contribution in [3.63, 3.8) is 0 Å². The molecular weight excluding hydrogens is 321 g/mol. The first kappa shape index (κ1) is 16.7. The van der Waals surface area contributed by atoms with Gasteiger partial charge in [-0.3, -0.25) is 0 Å². The summed E-state index contributed by atoms with van der Waals surface area (Å²) in [6, 6.07) is 5.77. The van der Waals surface area contributed by atoms with Crippen LogP contribution in [-0.2, 0) is 10.9 Å². The minimum atomic E-state index is -4.44. The predicted molar refractivity (Wildman–Crippen MR) is 83.1 cm³/mol. The van der Waals surface area contributed by atoms with E-state index in [1.807, 2.05) is 25.1 Å². The van der Waals surface area contributed by atoms with Gasteiger partial charge in [0.1, 0.15) is 0 Å². The molecule has 1 aliphatic heterocycles. The molecule has 0 bridgehead atoms. The summed E-state index contributed by atoms with van der Waals surface area (Å²) in [6.07, 6.45) is -2.90. The standard InChI is InChI=1S/C16H17F3N4O/c1-10-6-11(14-9-20-4-5-24-14)2-3-13(10)23-15-21-7-12(8-22-15)16(17,18)19/h2-3,6-8,14,20H,4-5,9H2,1H3,(H,21,22,23). The third-order valence-electron chi connectivity index (χ3n) is 3.78. The van der Waals surface area contributed by atoms with Crippen LogP contribution in [0, 0.1) is 6.92 Å². The lowest BCUT2D eigenvalue weighted by Crippen LogP contribution is -2.33. The van der Waals surface area contributed by atoms with Crippen LogP contribution in [0.3, 0.4) is 0 Å². The molecule has 5 nitrogen and oxygen atoms in total. The summed E-state index contributed by atoms with van der Waals surface area (Å²) >= 11 is 0. The molecule has 2 heterocycles. The summed E-state index contributed by atoms with van der Waals surface area (Å²) < 4.78 is 43.3. The highest BCUT2D eigenvalue weighted by Crippen LogP contribution is 2.29. The third kappa shape index (κ3) is 3.82. The number of nitrogens with zero attached hydrogens (tertiary/aromatic N) is 2. The Morgan fingerprint density at radius 3 is 2.58 bits per heavy atom. The monoisotopic (exact) mass is 338 g/mol. The highest BCUT2D eigenvalue weighted by molar-refractivity contribution is 5.59. The molecular formula is C16H17F3N4O. The van der Waals surface area contributed by atoms with Gasteiger partial charge >= 0.3 is 6.18 Å². The average Bonchev–Trinajstić information content (AvgIpc) is 2.57. The SMILES string of the molecule is Cc1cc(C2CNCCO2)ccc1Nc1ncc(C(F)(F)F)cn1. The molecule has 1 atom stereocenters. The molecule has 24 heavy (non-hydrogen) atoms. The van der Waals surface area contributed by atoms with Crippen molar-refractivity contribution in [3.8, 4) is 0 Å². The summed E-state index contributed by atoms with van der Waals surface area (Å²) in [5.74, 6) is 0.120. The van der Waals surface area contributed by atoms with Crippen LogP contribution in [0.2, 0.25) is 0 Å². The fourth-order valence-corrected chi connectivity index (χ4v) is 2.47. The fraction of sp³-hybridized carbons (Fsp3) is 0.375. The van der Waals surface area contributed by atoms with Crippen LogP contribution in [0.5, 0.6) is 0 Å². The second-order valence-corrected chi connectivity index (χ2v) is 5.56. The van der Waals surface area contributed by atoms with Gasteiger partial charge in [-0.25, -0.2) is 9.97 Å². The number of halogens is 3. The first-order valence-electron chi connectivity index (χ1n) is 7.52. The van der Waals surface area contributed by atoms with Crippen molar-refractivity contribution in [1.29, 1.82) is 0 Å². The summed E-state index contributed by atoms with van der Waals surface area (Å²) in [6.45, 7) is 4.18. The van der Waals surface area contributed by atoms with Gasteiger partial charge in [0.05, 0.1) is 18.3 Å². The number of nitrogens with one attached hydrogen (secondary N) is 2. The Bertz CT molecular complexity index is 697. The molecule has 8 heteroatoms. The van der Waals surface area contributed by atoms with Crippen molar-refractivity contribution in [1.82, 2.24) is 15.3 Å². The number of anilines is 2. The zero-order valence-electron chi connectivity index (χ0n) is 13.0. The van der Waals surface area contributed by atoms with Crippen LogP contribution in [0.25, 0.3) is 0 Å². The number of hydrogen-bond acceptors (Lipinski definition) is 5. The predicted octanol–water partition coefficient (Wildman–Crippen LogP) is 3.21. The molecule has 1 aromatic heterocycles. The van der Waals surface area contributed by atoms with Crippen LogP contribution in [-0.4, -0.2) is 29.7 Å². The fourth-order valence-electron chi connectivity index (χ4n) is 2.47. The van der Waals surface area contributed by atoms with Crippen molar-refractivity contribution in [3.05, 3.63) is 47.3 Å². The highest BCUT2D eigenvalue weighted by atomic mass is 19.4. The van der Waals surface area contributed by atoms with Crippen LogP contribution in [0.15, 0.2) is 30.6 Å². The van der Waals surface area contributed by atoms with E-state index in [0.717, 1.165) is 42.3 Å². The lowest BCUT2D eigenvalue weighted by molar-refractivity contribution is -0.138. The van der Waals surface area contributed by atoms with Gasteiger partial charge in [0.25, 0.3) is 0 Å². The lowest BCUT2D eigenvalue weighted by Gasteiger charge is -2.24. The van der Waals surface area contributed by atoms with E-state index in [1.54, 1.807) is 0 Å². The van der Waals surface area contributed by atoms with Gasteiger partial charge < -0.3 is 15.4 Å². The van der Waals surface area contributed by atoms with Crippen molar-refractivity contribution < 1.29 is 17.9 Å². The topological polar surface area (TPSA) is 59.1 Å². The molecule has 0 aliphatic carbocycles. The van der Waals surface area contributed by atoms with E-state index in [0.29, 0.717) is 6.61 Å². The molecule has 0 saturated carbocycles. The van der Waals surface area contributed by atoms with Gasteiger partial charge in [0, 0.05) is 31.2 Å². The van der Waals surface area contributed by atoms with Crippen LogP contribution in [0.4, 0.5) is 24.8 Å². The van der Waals surface area contributed by atoms with Crippen LogP contribution < -0.4 is 10.6 Å². The Kier molecular flexibility index (Phi) is 4.68. The molecule has 1 saturated heterocycles. The molecule has 0 spiro atoms. The van der Waals surface area contributed by atoms with E-state index < -0.39 is 11.7 Å². The van der Waals surface area contributed by atoms with E-state index in [2.05, 4.69) is 20.6 Å². The van der Waals surface area contributed by atoms with Crippen molar-refractivity contribution in [2.45, 2.75) is 19.2 Å². The molecule has 2 aromatic rings. The number of aryl methyl sites for hydroxylation is 1. The smallest absolute Gasteiger partial charge is 0.371 e. The Morgan fingerprint density at radius 2 is 2.00 bits per heavy atom. The molecule has 0 radical (unpaired) electrons. The normalized spacial score (nSPS) is 18.4. The second kappa shape index (κ2) is 6.74. The van der Waals surface area contributed by atoms with E-state index in [-0.39, 0.29) is 12.1 Å². The molecule has 1 fully saturated rings. The Morgan fingerprint density at radius 1 is 1.25 bits per heavy atom. The number of benzene rings is 1. The second-order valence-electron chi connectivity index (χ2n) is 5.56. The van der Waals surface area contributed by atoms with Gasteiger partial charge in [0.15, 0.2) is 0 Å². The number of rotatable bonds is 3. The third-order valence-corrected chi connectivity index (χ3v) is 3.78. The average molecular weight is 338 g/mol. The van der Waals surface area contributed by atoms with Crippen molar-refractivity contribution >= 4 is 11.6 Å². The summed E-state index contributed by atoms with van der Waals surface area (Å²) in [5, 5.41) is 6.21. The number of aromatic nitrogens is 2.